The molecule has 0 aromatic carbocycles. The molecule has 0 fully saturated rings. The molecule has 70 valence electrons. The third kappa shape index (κ3) is 1.44. The number of rotatable bonds is 2. The first-order valence-corrected chi connectivity index (χ1v) is 3.89. The highest BCUT2D eigenvalue weighted by molar-refractivity contribution is 5.50. The van der Waals surface area contributed by atoms with Crippen LogP contribution in [0.4, 0.5) is 5.69 Å². The van der Waals surface area contributed by atoms with Gasteiger partial charge in [0.2, 0.25) is 0 Å². The molecule has 1 aromatic heterocycles. The summed E-state index contributed by atoms with van der Waals surface area (Å²) in [5.41, 5.74) is 0.185. The molecular formula is C8H10N2O3. The zero-order valence-electron chi connectivity index (χ0n) is 7.42. The van der Waals surface area contributed by atoms with Gasteiger partial charge in [0.1, 0.15) is 0 Å². The summed E-state index contributed by atoms with van der Waals surface area (Å²) in [4.78, 5) is 23.5. The standard InChI is InChI=1S/C8H10N2O3/c1-3-5-4(2)6(10-13)8(12)9-7(5)11/h3H2,1-2H3,(H2,9,11,12). The van der Waals surface area contributed by atoms with Crippen LogP contribution in [-0.4, -0.2) is 10.1 Å². The van der Waals surface area contributed by atoms with Crippen molar-refractivity contribution >= 4 is 5.69 Å². The molecule has 0 bridgehead atoms. The molecular weight excluding hydrogens is 172 g/mol. The number of pyridine rings is 1. The van der Waals surface area contributed by atoms with Gasteiger partial charge in [0, 0.05) is 5.56 Å². The third-order valence-corrected chi connectivity index (χ3v) is 1.99. The SMILES string of the molecule is CCc1c(O)[nH]c(=O)c(N=O)c1C. The van der Waals surface area contributed by atoms with Crippen LogP contribution in [0, 0.1) is 11.8 Å². The second-order valence-corrected chi connectivity index (χ2v) is 2.70. The maximum atomic E-state index is 11.1. The molecule has 5 heteroatoms. The molecule has 1 rings (SSSR count). The van der Waals surface area contributed by atoms with Crippen molar-refractivity contribution in [2.45, 2.75) is 20.3 Å². The number of hydrogen-bond donors (Lipinski definition) is 2. The Morgan fingerprint density at radius 2 is 2.15 bits per heavy atom. The Morgan fingerprint density at radius 1 is 1.54 bits per heavy atom. The molecule has 13 heavy (non-hydrogen) atoms. The van der Waals surface area contributed by atoms with Crippen LogP contribution in [0.3, 0.4) is 0 Å². The Morgan fingerprint density at radius 3 is 2.62 bits per heavy atom. The smallest absolute Gasteiger partial charge is 0.280 e. The van der Waals surface area contributed by atoms with Gasteiger partial charge in [0.15, 0.2) is 11.6 Å². The lowest BCUT2D eigenvalue weighted by atomic mass is 10.1. The van der Waals surface area contributed by atoms with E-state index >= 15 is 0 Å². The molecule has 0 unspecified atom stereocenters. The first-order chi connectivity index (χ1) is 6.11. The van der Waals surface area contributed by atoms with Crippen molar-refractivity contribution in [1.82, 2.24) is 4.98 Å². The van der Waals surface area contributed by atoms with Crippen molar-refractivity contribution in [3.8, 4) is 5.88 Å². The number of hydrogen-bond acceptors (Lipinski definition) is 4. The lowest BCUT2D eigenvalue weighted by molar-refractivity contribution is 0.444. The van der Waals surface area contributed by atoms with E-state index in [1.165, 1.54) is 0 Å². The van der Waals surface area contributed by atoms with E-state index in [9.17, 15) is 14.8 Å². The molecule has 0 aliphatic carbocycles. The van der Waals surface area contributed by atoms with Gasteiger partial charge in [-0.25, -0.2) is 0 Å². The number of aromatic amines is 1. The minimum atomic E-state index is -0.651. The van der Waals surface area contributed by atoms with Gasteiger partial charge >= 0.3 is 0 Å². The van der Waals surface area contributed by atoms with E-state index in [4.69, 9.17) is 0 Å². The zero-order chi connectivity index (χ0) is 10.0. The Labute approximate surface area is 74.4 Å². The summed E-state index contributed by atoms with van der Waals surface area (Å²) in [5, 5.41) is 11.9. The Bertz CT molecular complexity index is 395. The molecule has 0 atom stereocenters. The minimum absolute atomic E-state index is 0.158. The summed E-state index contributed by atoms with van der Waals surface area (Å²) in [6.45, 7) is 3.40. The van der Waals surface area contributed by atoms with Crippen LogP contribution in [0.1, 0.15) is 18.1 Å². The maximum absolute atomic E-state index is 11.1. The number of aromatic hydroxyl groups is 1. The number of nitrogens with zero attached hydrogens (tertiary/aromatic N) is 1. The summed E-state index contributed by atoms with van der Waals surface area (Å²) in [7, 11) is 0. The number of nitroso groups, excluding NO2 is 1. The van der Waals surface area contributed by atoms with Crippen molar-refractivity contribution in [1.29, 1.82) is 0 Å². The van der Waals surface area contributed by atoms with Gasteiger partial charge in [-0.15, -0.1) is 4.91 Å². The van der Waals surface area contributed by atoms with Gasteiger partial charge in [-0.05, 0) is 24.1 Å². The molecule has 2 N–H and O–H groups in total. The quantitative estimate of drug-likeness (QED) is 0.677. The average Bonchev–Trinajstić information content (AvgIpc) is 2.04. The average molecular weight is 182 g/mol. The number of aromatic nitrogens is 1. The molecule has 0 radical (unpaired) electrons. The van der Waals surface area contributed by atoms with Crippen molar-refractivity contribution in [3.63, 3.8) is 0 Å². The van der Waals surface area contributed by atoms with Crippen molar-refractivity contribution in [3.05, 3.63) is 26.4 Å². The second-order valence-electron chi connectivity index (χ2n) is 2.70. The second kappa shape index (κ2) is 3.38. The fourth-order valence-corrected chi connectivity index (χ4v) is 1.28. The van der Waals surface area contributed by atoms with E-state index in [0.29, 0.717) is 17.5 Å². The summed E-state index contributed by atoms with van der Waals surface area (Å²) in [6, 6.07) is 0. The van der Waals surface area contributed by atoms with Crippen LogP contribution in [0.2, 0.25) is 0 Å². The fourth-order valence-electron chi connectivity index (χ4n) is 1.28. The Hall–Kier alpha value is -1.65. The van der Waals surface area contributed by atoms with Gasteiger partial charge in [-0.1, -0.05) is 6.92 Å². The van der Waals surface area contributed by atoms with Gasteiger partial charge in [-0.3, -0.25) is 9.78 Å². The molecule has 1 aromatic rings. The van der Waals surface area contributed by atoms with E-state index in [1.54, 1.807) is 6.92 Å². The minimum Gasteiger partial charge on any atom is -0.494 e. The zero-order valence-corrected chi connectivity index (χ0v) is 7.42. The van der Waals surface area contributed by atoms with E-state index in [2.05, 4.69) is 10.2 Å². The number of H-pyrrole nitrogens is 1. The van der Waals surface area contributed by atoms with Crippen LogP contribution >= 0.6 is 0 Å². The van der Waals surface area contributed by atoms with Crippen LogP contribution < -0.4 is 5.56 Å². The normalized spacial score (nSPS) is 10.0. The summed E-state index contributed by atoms with van der Waals surface area (Å²) in [6.07, 6.45) is 0.539. The lowest BCUT2D eigenvalue weighted by Gasteiger charge is -2.05. The predicted octanol–water partition coefficient (Wildman–Crippen LogP) is 1.35. The van der Waals surface area contributed by atoms with Crippen LogP contribution in [0.5, 0.6) is 5.88 Å². The van der Waals surface area contributed by atoms with E-state index in [1.807, 2.05) is 6.92 Å². The highest BCUT2D eigenvalue weighted by Crippen LogP contribution is 2.23. The topological polar surface area (TPSA) is 82.5 Å². The lowest BCUT2D eigenvalue weighted by Crippen LogP contribution is -2.08. The van der Waals surface area contributed by atoms with Crippen molar-refractivity contribution in [2.24, 2.45) is 5.18 Å². The molecule has 0 saturated heterocycles. The van der Waals surface area contributed by atoms with E-state index < -0.39 is 5.56 Å². The molecule has 5 nitrogen and oxygen atoms in total. The summed E-state index contributed by atoms with van der Waals surface area (Å²) < 4.78 is 0. The summed E-state index contributed by atoms with van der Waals surface area (Å²) >= 11 is 0. The van der Waals surface area contributed by atoms with Crippen molar-refractivity contribution in [2.75, 3.05) is 0 Å². The molecule has 1 heterocycles. The Kier molecular flexibility index (Phi) is 2.46. The fraction of sp³-hybridized carbons (Fsp3) is 0.375. The van der Waals surface area contributed by atoms with Crippen LogP contribution in [0.15, 0.2) is 9.97 Å². The van der Waals surface area contributed by atoms with Gasteiger partial charge in [0.05, 0.1) is 0 Å². The first kappa shape index (κ1) is 9.44. The van der Waals surface area contributed by atoms with Crippen LogP contribution in [0.25, 0.3) is 0 Å². The molecule has 0 spiro atoms. The van der Waals surface area contributed by atoms with Crippen molar-refractivity contribution < 1.29 is 5.11 Å². The molecule has 0 saturated carbocycles. The van der Waals surface area contributed by atoms with Gasteiger partial charge < -0.3 is 5.11 Å². The summed E-state index contributed by atoms with van der Waals surface area (Å²) in [5.74, 6) is -0.183. The monoisotopic (exact) mass is 182 g/mol. The van der Waals surface area contributed by atoms with Gasteiger partial charge in [-0.2, -0.15) is 0 Å². The van der Waals surface area contributed by atoms with Crippen LogP contribution in [-0.2, 0) is 6.42 Å². The highest BCUT2D eigenvalue weighted by Gasteiger charge is 2.12. The highest BCUT2D eigenvalue weighted by atomic mass is 16.3. The molecule has 0 amide bonds. The molecule has 0 aliphatic heterocycles. The Balaban J connectivity index is 3.57. The third-order valence-electron chi connectivity index (χ3n) is 1.99. The number of nitrogens with one attached hydrogen (secondary N) is 1. The molecule has 0 aliphatic rings. The van der Waals surface area contributed by atoms with Gasteiger partial charge in [0.25, 0.3) is 5.56 Å². The van der Waals surface area contributed by atoms with E-state index in [-0.39, 0.29) is 11.6 Å². The van der Waals surface area contributed by atoms with E-state index in [0.717, 1.165) is 0 Å². The first-order valence-electron chi connectivity index (χ1n) is 3.89. The predicted molar refractivity (Wildman–Crippen MR) is 48.3 cm³/mol. The maximum Gasteiger partial charge on any atom is 0.280 e. The largest absolute Gasteiger partial charge is 0.494 e.